The summed E-state index contributed by atoms with van der Waals surface area (Å²) >= 11 is 3.49. The predicted molar refractivity (Wildman–Crippen MR) is 98.3 cm³/mol. The van der Waals surface area contributed by atoms with Crippen LogP contribution in [0.15, 0.2) is 57.9 Å². The molecule has 0 heterocycles. The van der Waals surface area contributed by atoms with Gasteiger partial charge in [0.1, 0.15) is 0 Å². The minimum Gasteiger partial charge on any atom is -0.378 e. The van der Waals surface area contributed by atoms with E-state index in [2.05, 4.69) is 15.9 Å². The van der Waals surface area contributed by atoms with E-state index < -0.39 is 10.0 Å². The molecular formula is C17H21BrN2O2S. The lowest BCUT2D eigenvalue weighted by atomic mass is 10.1. The molecule has 0 aliphatic heterocycles. The number of sulfonamides is 1. The van der Waals surface area contributed by atoms with Crippen LogP contribution in [-0.2, 0) is 10.0 Å². The fraction of sp³-hybridized carbons (Fsp3) is 0.294. The second-order valence-electron chi connectivity index (χ2n) is 5.61. The average Bonchev–Trinajstić information content (AvgIpc) is 2.54. The van der Waals surface area contributed by atoms with Crippen molar-refractivity contribution in [1.82, 2.24) is 4.31 Å². The number of anilines is 1. The Labute approximate surface area is 146 Å². The highest BCUT2D eigenvalue weighted by Gasteiger charge is 2.27. The molecule has 124 valence electrons. The van der Waals surface area contributed by atoms with Crippen molar-refractivity contribution >= 4 is 31.6 Å². The molecule has 4 nitrogen and oxygen atoms in total. The van der Waals surface area contributed by atoms with Crippen molar-refractivity contribution in [3.8, 4) is 0 Å². The zero-order valence-corrected chi connectivity index (χ0v) is 16.1. The smallest absolute Gasteiger partial charge is 0.243 e. The Morgan fingerprint density at radius 2 is 1.65 bits per heavy atom. The summed E-state index contributed by atoms with van der Waals surface area (Å²) in [4.78, 5) is 2.18. The van der Waals surface area contributed by atoms with Gasteiger partial charge in [0.2, 0.25) is 10.0 Å². The van der Waals surface area contributed by atoms with Crippen molar-refractivity contribution < 1.29 is 8.42 Å². The van der Waals surface area contributed by atoms with Crippen molar-refractivity contribution in [2.24, 2.45) is 0 Å². The Hall–Kier alpha value is -1.37. The lowest BCUT2D eigenvalue weighted by molar-refractivity contribution is 0.397. The molecule has 0 bridgehead atoms. The molecule has 2 aromatic carbocycles. The highest BCUT2D eigenvalue weighted by Crippen LogP contribution is 2.31. The zero-order valence-electron chi connectivity index (χ0n) is 13.7. The molecule has 2 aromatic rings. The van der Waals surface area contributed by atoms with Crippen molar-refractivity contribution in [1.29, 1.82) is 0 Å². The standard InChI is InChI=1S/C17H21BrN2O2S/c1-13(16-10-5-6-11-17(16)18)20(4)23(21,22)15-9-7-8-14(12-15)19(2)3/h5-13H,1-4H3. The lowest BCUT2D eigenvalue weighted by Crippen LogP contribution is -2.30. The number of halogens is 1. The molecule has 0 aliphatic carbocycles. The van der Waals surface area contributed by atoms with Gasteiger partial charge in [-0.25, -0.2) is 8.42 Å². The minimum absolute atomic E-state index is 0.279. The average molecular weight is 397 g/mol. The van der Waals surface area contributed by atoms with Gasteiger partial charge in [-0.3, -0.25) is 0 Å². The molecule has 0 N–H and O–H groups in total. The van der Waals surface area contributed by atoms with E-state index in [1.165, 1.54) is 4.31 Å². The number of hydrogen-bond acceptors (Lipinski definition) is 3. The minimum atomic E-state index is -3.57. The Morgan fingerprint density at radius 1 is 1.00 bits per heavy atom. The first kappa shape index (κ1) is 18.0. The van der Waals surface area contributed by atoms with Crippen LogP contribution in [0.25, 0.3) is 0 Å². The first-order valence-electron chi connectivity index (χ1n) is 7.25. The summed E-state index contributed by atoms with van der Waals surface area (Å²) in [6.07, 6.45) is 0. The largest absolute Gasteiger partial charge is 0.378 e. The van der Waals surface area contributed by atoms with E-state index in [4.69, 9.17) is 0 Å². The lowest BCUT2D eigenvalue weighted by Gasteiger charge is -2.26. The van der Waals surface area contributed by atoms with Crippen molar-refractivity contribution in [3.63, 3.8) is 0 Å². The molecule has 6 heteroatoms. The van der Waals surface area contributed by atoms with Crippen LogP contribution in [0.1, 0.15) is 18.5 Å². The molecule has 0 amide bonds. The van der Waals surface area contributed by atoms with Crippen LogP contribution in [0, 0.1) is 0 Å². The zero-order chi connectivity index (χ0) is 17.2. The van der Waals surface area contributed by atoms with Crippen LogP contribution < -0.4 is 4.90 Å². The second kappa shape index (κ2) is 7.03. The maximum Gasteiger partial charge on any atom is 0.243 e. The Morgan fingerprint density at radius 3 is 2.26 bits per heavy atom. The van der Waals surface area contributed by atoms with Gasteiger partial charge in [-0.05, 0) is 36.8 Å². The van der Waals surface area contributed by atoms with E-state index in [-0.39, 0.29) is 6.04 Å². The summed E-state index contributed by atoms with van der Waals surface area (Å²) in [7, 11) is 1.82. The molecule has 2 rings (SSSR count). The van der Waals surface area contributed by atoms with Gasteiger partial charge >= 0.3 is 0 Å². The van der Waals surface area contributed by atoms with Gasteiger partial charge in [-0.2, -0.15) is 4.31 Å². The summed E-state index contributed by atoms with van der Waals surface area (Å²) < 4.78 is 28.2. The van der Waals surface area contributed by atoms with Crippen LogP contribution in [-0.4, -0.2) is 33.9 Å². The van der Waals surface area contributed by atoms with Crippen molar-refractivity contribution in [3.05, 3.63) is 58.6 Å². The quantitative estimate of drug-likeness (QED) is 0.769. The molecule has 0 fully saturated rings. The van der Waals surface area contributed by atoms with E-state index in [0.29, 0.717) is 4.90 Å². The highest BCUT2D eigenvalue weighted by atomic mass is 79.9. The molecule has 0 spiro atoms. The Balaban J connectivity index is 2.39. The van der Waals surface area contributed by atoms with Gasteiger partial charge in [-0.1, -0.05) is 40.2 Å². The van der Waals surface area contributed by atoms with Crippen LogP contribution in [0.5, 0.6) is 0 Å². The third kappa shape index (κ3) is 3.76. The fourth-order valence-corrected chi connectivity index (χ4v) is 4.31. The van der Waals surface area contributed by atoms with E-state index >= 15 is 0 Å². The van der Waals surface area contributed by atoms with Crippen LogP contribution in [0.3, 0.4) is 0 Å². The van der Waals surface area contributed by atoms with Crippen molar-refractivity contribution in [2.45, 2.75) is 17.9 Å². The van der Waals surface area contributed by atoms with E-state index in [9.17, 15) is 8.42 Å². The van der Waals surface area contributed by atoms with Gasteiger partial charge in [0.05, 0.1) is 4.90 Å². The van der Waals surface area contributed by atoms with Gasteiger partial charge < -0.3 is 4.90 Å². The third-order valence-electron chi connectivity index (χ3n) is 3.91. The summed E-state index contributed by atoms with van der Waals surface area (Å²) in [6, 6.07) is 14.4. The fourth-order valence-electron chi connectivity index (χ4n) is 2.31. The topological polar surface area (TPSA) is 40.6 Å². The van der Waals surface area contributed by atoms with E-state index in [1.54, 1.807) is 25.2 Å². The predicted octanol–water partition coefficient (Wildman–Crippen LogP) is 3.90. The Kier molecular flexibility index (Phi) is 5.49. The van der Waals surface area contributed by atoms with Crippen LogP contribution in [0.4, 0.5) is 5.69 Å². The maximum atomic E-state index is 12.9. The number of hydrogen-bond donors (Lipinski definition) is 0. The van der Waals surface area contributed by atoms with Crippen LogP contribution in [0.2, 0.25) is 0 Å². The molecule has 1 atom stereocenters. The molecule has 0 radical (unpaired) electrons. The molecule has 0 saturated carbocycles. The first-order valence-corrected chi connectivity index (χ1v) is 9.48. The van der Waals surface area contributed by atoms with Gasteiger partial charge in [0, 0.05) is 37.3 Å². The summed E-state index contributed by atoms with van der Waals surface area (Å²) in [5.74, 6) is 0. The number of nitrogens with zero attached hydrogens (tertiary/aromatic N) is 2. The first-order chi connectivity index (χ1) is 10.7. The molecular weight excluding hydrogens is 376 g/mol. The Bertz CT molecular complexity index is 791. The highest BCUT2D eigenvalue weighted by molar-refractivity contribution is 9.10. The number of rotatable bonds is 5. The van der Waals surface area contributed by atoms with E-state index in [1.807, 2.05) is 56.3 Å². The second-order valence-corrected chi connectivity index (χ2v) is 8.46. The van der Waals surface area contributed by atoms with Crippen LogP contribution >= 0.6 is 15.9 Å². The summed E-state index contributed by atoms with van der Waals surface area (Å²) in [5, 5.41) is 0. The third-order valence-corrected chi connectivity index (χ3v) is 6.56. The monoisotopic (exact) mass is 396 g/mol. The normalized spacial score (nSPS) is 13.1. The van der Waals surface area contributed by atoms with Gasteiger partial charge in [0.15, 0.2) is 0 Å². The van der Waals surface area contributed by atoms with Gasteiger partial charge in [0.25, 0.3) is 0 Å². The van der Waals surface area contributed by atoms with E-state index in [0.717, 1.165) is 15.7 Å². The number of benzene rings is 2. The SMILES string of the molecule is CC(c1ccccc1Br)N(C)S(=O)(=O)c1cccc(N(C)C)c1. The van der Waals surface area contributed by atoms with Gasteiger partial charge in [-0.15, -0.1) is 0 Å². The maximum absolute atomic E-state index is 12.9. The molecule has 0 aliphatic rings. The molecule has 1 unspecified atom stereocenters. The summed E-state index contributed by atoms with van der Waals surface area (Å²) in [5.41, 5.74) is 1.79. The molecule has 0 saturated heterocycles. The summed E-state index contributed by atoms with van der Waals surface area (Å²) in [6.45, 7) is 1.88. The van der Waals surface area contributed by atoms with Crippen molar-refractivity contribution in [2.75, 3.05) is 26.0 Å². The molecule has 23 heavy (non-hydrogen) atoms. The molecule has 0 aromatic heterocycles.